The van der Waals surface area contributed by atoms with Crippen molar-refractivity contribution >= 4 is 35.6 Å². The van der Waals surface area contributed by atoms with Gasteiger partial charge in [0.2, 0.25) is 0 Å². The highest BCUT2D eigenvalue weighted by atomic mass is 32.1. The van der Waals surface area contributed by atoms with Crippen LogP contribution in [0.1, 0.15) is 18.2 Å². The molecule has 4 heterocycles. The Morgan fingerprint density at radius 1 is 1.44 bits per heavy atom. The first-order chi connectivity index (χ1) is 15.1. The van der Waals surface area contributed by atoms with Crippen LogP contribution in [0.25, 0.3) is 20.5 Å². The molecule has 0 aromatic carbocycles. The minimum absolute atomic E-state index is 0.0855. The van der Waals surface area contributed by atoms with Crippen LogP contribution in [0.2, 0.25) is 25.7 Å². The number of carboxylic acid groups (broad SMARTS) is 1. The average Bonchev–Trinajstić information content (AvgIpc) is 3.32. The van der Waals surface area contributed by atoms with Crippen LogP contribution in [0.3, 0.4) is 0 Å². The molecule has 1 amide bonds. The summed E-state index contributed by atoms with van der Waals surface area (Å²) in [4.78, 5) is 24.9. The smallest absolute Gasteiger partial charge is 0.405 e. The minimum Gasteiger partial charge on any atom is -0.465 e. The number of nitrogens with zero attached hydrogens (tertiary/aromatic N) is 2. The molecular weight excluding hydrogens is 450 g/mol. The average molecular weight is 478 g/mol. The van der Waals surface area contributed by atoms with Crippen molar-refractivity contribution in [3.63, 3.8) is 0 Å². The van der Waals surface area contributed by atoms with Crippen LogP contribution >= 0.6 is 11.3 Å². The first-order valence-electron chi connectivity index (χ1n) is 10.4. The van der Waals surface area contributed by atoms with Crippen LogP contribution < -0.4 is 10.9 Å². The van der Waals surface area contributed by atoms with Gasteiger partial charge in [0.05, 0.1) is 19.4 Å². The van der Waals surface area contributed by atoms with Crippen molar-refractivity contribution in [2.75, 3.05) is 13.2 Å². The van der Waals surface area contributed by atoms with Crippen LogP contribution in [-0.2, 0) is 28.4 Å². The molecule has 1 atom stereocenters. The van der Waals surface area contributed by atoms with E-state index in [9.17, 15) is 14.7 Å². The van der Waals surface area contributed by atoms with Crippen molar-refractivity contribution in [3.8, 4) is 10.4 Å². The molecule has 11 heteroatoms. The van der Waals surface area contributed by atoms with Crippen molar-refractivity contribution < 1.29 is 23.8 Å². The molecule has 2 N–H and O–H groups in total. The lowest BCUT2D eigenvalue weighted by Crippen LogP contribution is -2.49. The van der Waals surface area contributed by atoms with Gasteiger partial charge in [0.25, 0.3) is 0 Å². The third-order valence-electron chi connectivity index (χ3n) is 5.37. The van der Waals surface area contributed by atoms with Crippen molar-refractivity contribution in [2.24, 2.45) is 0 Å². The number of aromatic nitrogens is 2. The van der Waals surface area contributed by atoms with Crippen molar-refractivity contribution in [1.29, 1.82) is 0 Å². The molecule has 172 valence electrons. The Morgan fingerprint density at radius 2 is 2.22 bits per heavy atom. The zero-order chi connectivity index (χ0) is 23.1. The van der Waals surface area contributed by atoms with E-state index < -0.39 is 25.3 Å². The molecule has 0 fully saturated rings. The van der Waals surface area contributed by atoms with Gasteiger partial charge in [-0.05, 0) is 19.0 Å². The van der Waals surface area contributed by atoms with E-state index in [1.54, 1.807) is 17.8 Å². The van der Waals surface area contributed by atoms with Crippen LogP contribution in [0.4, 0.5) is 4.79 Å². The molecule has 3 aromatic heterocycles. The molecule has 0 bridgehead atoms. The Morgan fingerprint density at radius 3 is 2.94 bits per heavy atom. The Balaban J connectivity index is 1.61. The highest BCUT2D eigenvalue weighted by molar-refractivity contribution is 7.22. The molecule has 32 heavy (non-hydrogen) atoms. The first-order valence-corrected chi connectivity index (χ1v) is 14.9. The summed E-state index contributed by atoms with van der Waals surface area (Å²) in [6.45, 7) is 9.99. The van der Waals surface area contributed by atoms with Gasteiger partial charge in [-0.3, -0.25) is 0 Å². The van der Waals surface area contributed by atoms with E-state index in [4.69, 9.17) is 13.9 Å². The van der Waals surface area contributed by atoms with Gasteiger partial charge < -0.3 is 24.3 Å². The summed E-state index contributed by atoms with van der Waals surface area (Å²) in [5.41, 5.74) is -0.0622. The molecule has 4 rings (SSSR count). The highest BCUT2D eigenvalue weighted by Gasteiger charge is 2.39. The third kappa shape index (κ3) is 4.65. The Hall–Kier alpha value is -2.47. The summed E-state index contributed by atoms with van der Waals surface area (Å²) < 4.78 is 19.2. The fraction of sp³-hybridized carbons (Fsp3) is 0.476. The zero-order valence-electron chi connectivity index (χ0n) is 18.6. The molecule has 0 saturated heterocycles. The highest BCUT2D eigenvalue weighted by Crippen LogP contribution is 2.39. The standard InChI is InChI=1S/C21H27N3O6SSi/c1-21(23-20(26)27)11-29-10-15-14-7-16(31-17(14)19(25)30-18(15)21)13-8-22-24(9-13)12-28-5-6-32(2,3)4/h7-9,23H,5-6,10-12H2,1-4H3,(H,26,27). The van der Waals surface area contributed by atoms with Crippen molar-refractivity contribution in [2.45, 2.75) is 51.5 Å². The lowest BCUT2D eigenvalue weighted by atomic mass is 9.92. The van der Waals surface area contributed by atoms with Gasteiger partial charge >= 0.3 is 11.7 Å². The number of fused-ring (bicyclic) bond motifs is 3. The van der Waals surface area contributed by atoms with Crippen LogP contribution in [-0.4, -0.2) is 42.3 Å². The summed E-state index contributed by atoms with van der Waals surface area (Å²) in [5.74, 6) is 0.305. The molecule has 9 nitrogen and oxygen atoms in total. The predicted molar refractivity (Wildman–Crippen MR) is 124 cm³/mol. The Kier molecular flexibility index (Phi) is 6.01. The minimum atomic E-state index is -1.21. The van der Waals surface area contributed by atoms with Gasteiger partial charge in [0, 0.05) is 42.3 Å². The van der Waals surface area contributed by atoms with Crippen molar-refractivity contribution in [1.82, 2.24) is 15.1 Å². The molecule has 0 aliphatic carbocycles. The largest absolute Gasteiger partial charge is 0.465 e. The van der Waals surface area contributed by atoms with E-state index in [1.807, 2.05) is 12.3 Å². The van der Waals surface area contributed by atoms with Gasteiger partial charge in [-0.2, -0.15) is 5.10 Å². The molecule has 3 aromatic rings. The van der Waals surface area contributed by atoms with E-state index in [2.05, 4.69) is 30.1 Å². The van der Waals surface area contributed by atoms with Crippen LogP contribution in [0.15, 0.2) is 27.7 Å². The zero-order valence-corrected chi connectivity index (χ0v) is 20.4. The van der Waals surface area contributed by atoms with Gasteiger partial charge in [0.15, 0.2) is 0 Å². The number of thiophene rings is 1. The molecule has 0 saturated carbocycles. The topological polar surface area (TPSA) is 116 Å². The Labute approximate surface area is 190 Å². The van der Waals surface area contributed by atoms with Gasteiger partial charge in [-0.1, -0.05) is 19.6 Å². The van der Waals surface area contributed by atoms with E-state index in [1.165, 1.54) is 11.3 Å². The predicted octanol–water partition coefficient (Wildman–Crippen LogP) is 4.04. The quantitative estimate of drug-likeness (QED) is 0.390. The fourth-order valence-electron chi connectivity index (χ4n) is 3.67. The first kappa shape index (κ1) is 22.7. The van der Waals surface area contributed by atoms with E-state index in [-0.39, 0.29) is 13.2 Å². The number of rotatable bonds is 7. The maximum absolute atomic E-state index is 12.7. The van der Waals surface area contributed by atoms with E-state index >= 15 is 0 Å². The number of hydrogen-bond donors (Lipinski definition) is 2. The fourth-order valence-corrected chi connectivity index (χ4v) is 5.46. The van der Waals surface area contributed by atoms with Gasteiger partial charge in [-0.15, -0.1) is 11.3 Å². The molecule has 1 aliphatic rings. The summed E-state index contributed by atoms with van der Waals surface area (Å²) in [6, 6.07) is 3.01. The van der Waals surface area contributed by atoms with Gasteiger partial charge in [0.1, 0.15) is 22.7 Å². The lowest BCUT2D eigenvalue weighted by molar-refractivity contribution is 0.0295. The summed E-state index contributed by atoms with van der Waals surface area (Å²) >= 11 is 1.32. The monoisotopic (exact) mass is 477 g/mol. The molecular formula is C21H27N3O6SSi. The maximum Gasteiger partial charge on any atom is 0.405 e. The lowest BCUT2D eigenvalue weighted by Gasteiger charge is -2.33. The Bertz CT molecular complexity index is 1210. The van der Waals surface area contributed by atoms with Crippen molar-refractivity contribution in [3.05, 3.63) is 40.2 Å². The molecule has 1 aliphatic heterocycles. The summed E-state index contributed by atoms with van der Waals surface area (Å²) in [7, 11) is -1.14. The summed E-state index contributed by atoms with van der Waals surface area (Å²) in [6.07, 6.45) is 2.42. The van der Waals surface area contributed by atoms with Crippen LogP contribution in [0, 0.1) is 0 Å². The van der Waals surface area contributed by atoms with E-state index in [0.29, 0.717) is 34.7 Å². The second-order valence-electron chi connectivity index (χ2n) is 9.42. The second kappa shape index (κ2) is 8.47. The van der Waals surface area contributed by atoms with Gasteiger partial charge in [-0.25, -0.2) is 14.3 Å². The van der Waals surface area contributed by atoms with E-state index in [0.717, 1.165) is 16.5 Å². The maximum atomic E-state index is 12.7. The molecule has 0 radical (unpaired) electrons. The summed E-state index contributed by atoms with van der Waals surface area (Å²) in [5, 5.41) is 16.7. The number of nitrogens with one attached hydrogen (secondary N) is 1. The number of amides is 1. The SMILES string of the molecule is CC1(NC(=O)O)COCc2c1oc(=O)c1sc(-c3cnn(COCC[Si](C)(C)C)c3)cc21. The third-order valence-corrected chi connectivity index (χ3v) is 8.24. The molecule has 0 spiro atoms. The van der Waals surface area contributed by atoms with Crippen LogP contribution in [0.5, 0.6) is 0 Å². The number of ether oxygens (including phenoxy) is 2. The number of hydrogen-bond acceptors (Lipinski definition) is 7. The second-order valence-corrected chi connectivity index (χ2v) is 16.1. The number of carbonyl (C=O) groups is 1. The normalized spacial score (nSPS) is 18.6. The molecule has 1 unspecified atom stereocenters.